The Bertz CT molecular complexity index is 417. The molecule has 0 radical (unpaired) electrons. The summed E-state index contributed by atoms with van der Waals surface area (Å²) in [6, 6.07) is 9.09. The van der Waals surface area contributed by atoms with Gasteiger partial charge in [0.2, 0.25) is 0 Å². The average Bonchev–Trinajstić information content (AvgIpc) is 3.30. The Morgan fingerprint density at radius 3 is 2.71 bits per heavy atom. The molecular formula is C18H30N2O. The van der Waals surface area contributed by atoms with E-state index in [4.69, 9.17) is 4.74 Å². The number of nitrogens with zero attached hydrogens (tertiary/aromatic N) is 1. The Balaban J connectivity index is 1.68. The van der Waals surface area contributed by atoms with E-state index >= 15 is 0 Å². The number of ether oxygens (including phenoxy) is 1. The second kappa shape index (κ2) is 8.52. The van der Waals surface area contributed by atoms with Gasteiger partial charge in [-0.05, 0) is 63.9 Å². The van der Waals surface area contributed by atoms with E-state index < -0.39 is 0 Å². The fraction of sp³-hybridized carbons (Fsp3) is 0.667. The van der Waals surface area contributed by atoms with Crippen LogP contribution in [0, 0.1) is 12.8 Å². The van der Waals surface area contributed by atoms with E-state index in [1.165, 1.54) is 24.0 Å². The minimum absolute atomic E-state index is 0.432. The summed E-state index contributed by atoms with van der Waals surface area (Å²) in [5.74, 6) is 0.866. The summed E-state index contributed by atoms with van der Waals surface area (Å²) in [7, 11) is 4.24. The molecule has 2 rings (SSSR count). The zero-order chi connectivity index (χ0) is 15.1. The lowest BCUT2D eigenvalue weighted by Gasteiger charge is -2.23. The van der Waals surface area contributed by atoms with Crippen LogP contribution in [0.3, 0.4) is 0 Å². The third kappa shape index (κ3) is 5.77. The monoisotopic (exact) mass is 290 g/mol. The molecule has 0 aliphatic heterocycles. The number of rotatable bonds is 10. The van der Waals surface area contributed by atoms with Gasteiger partial charge in [0.1, 0.15) is 0 Å². The maximum Gasteiger partial charge on any atom is 0.0593 e. The van der Waals surface area contributed by atoms with Gasteiger partial charge in [-0.1, -0.05) is 24.3 Å². The van der Waals surface area contributed by atoms with Gasteiger partial charge in [0.15, 0.2) is 0 Å². The smallest absolute Gasteiger partial charge is 0.0593 e. The molecule has 1 N–H and O–H groups in total. The van der Waals surface area contributed by atoms with Gasteiger partial charge in [0.05, 0.1) is 6.61 Å². The maximum atomic E-state index is 5.71. The van der Waals surface area contributed by atoms with Crippen molar-refractivity contribution < 1.29 is 4.74 Å². The second-order valence-electron chi connectivity index (χ2n) is 6.31. The molecule has 0 aromatic heterocycles. The van der Waals surface area contributed by atoms with Gasteiger partial charge in [-0.15, -0.1) is 0 Å². The molecule has 21 heavy (non-hydrogen) atoms. The zero-order valence-corrected chi connectivity index (χ0v) is 13.8. The van der Waals surface area contributed by atoms with Crippen molar-refractivity contribution in [1.29, 1.82) is 0 Å². The van der Waals surface area contributed by atoms with Crippen molar-refractivity contribution in [2.45, 2.75) is 32.2 Å². The number of likely N-dealkylation sites (N-methyl/N-ethyl adjacent to an activating group) is 1. The van der Waals surface area contributed by atoms with Gasteiger partial charge in [0, 0.05) is 19.2 Å². The summed E-state index contributed by atoms with van der Waals surface area (Å²) < 4.78 is 5.71. The Morgan fingerprint density at radius 1 is 1.29 bits per heavy atom. The van der Waals surface area contributed by atoms with Crippen molar-refractivity contribution >= 4 is 0 Å². The van der Waals surface area contributed by atoms with Crippen molar-refractivity contribution in [3.05, 3.63) is 35.4 Å². The van der Waals surface area contributed by atoms with Crippen LogP contribution in [0.1, 0.15) is 36.4 Å². The third-order valence-electron chi connectivity index (χ3n) is 4.38. The molecule has 0 bridgehead atoms. The molecule has 118 valence electrons. The highest BCUT2D eigenvalue weighted by Crippen LogP contribution is 2.28. The Labute approximate surface area is 129 Å². The lowest BCUT2D eigenvalue weighted by Crippen LogP contribution is -2.28. The Kier molecular flexibility index (Phi) is 6.68. The van der Waals surface area contributed by atoms with Crippen molar-refractivity contribution in [3.63, 3.8) is 0 Å². The van der Waals surface area contributed by atoms with Gasteiger partial charge in [-0.2, -0.15) is 0 Å². The molecule has 0 heterocycles. The van der Waals surface area contributed by atoms with Gasteiger partial charge < -0.3 is 15.0 Å². The summed E-state index contributed by atoms with van der Waals surface area (Å²) in [6.07, 6.45) is 3.87. The molecule has 1 atom stereocenters. The minimum Gasteiger partial charge on any atom is -0.380 e. The van der Waals surface area contributed by atoms with Crippen LogP contribution < -0.4 is 5.32 Å². The van der Waals surface area contributed by atoms with Crippen LogP contribution in [0.25, 0.3) is 0 Å². The molecule has 3 nitrogen and oxygen atoms in total. The molecule has 0 spiro atoms. The van der Waals surface area contributed by atoms with E-state index in [0.717, 1.165) is 38.6 Å². The van der Waals surface area contributed by atoms with E-state index in [0.29, 0.717) is 6.04 Å². The highest BCUT2D eigenvalue weighted by atomic mass is 16.5. The predicted octanol–water partition coefficient (Wildman–Crippen LogP) is 3.00. The summed E-state index contributed by atoms with van der Waals surface area (Å²) >= 11 is 0. The van der Waals surface area contributed by atoms with Crippen LogP contribution in [0.2, 0.25) is 0 Å². The first-order valence-electron chi connectivity index (χ1n) is 8.19. The molecule has 1 saturated carbocycles. The van der Waals surface area contributed by atoms with Gasteiger partial charge in [-0.25, -0.2) is 0 Å². The largest absolute Gasteiger partial charge is 0.380 e. The molecule has 0 amide bonds. The fourth-order valence-electron chi connectivity index (χ4n) is 2.65. The minimum atomic E-state index is 0.432. The molecule has 1 aliphatic rings. The van der Waals surface area contributed by atoms with Crippen LogP contribution in [0.4, 0.5) is 0 Å². The SMILES string of the molecule is CNC(CCN(C)CCOCC1CC1)c1ccccc1C. The molecule has 3 heteroatoms. The molecule has 1 aliphatic carbocycles. The number of nitrogens with one attached hydrogen (secondary N) is 1. The number of hydrogen-bond acceptors (Lipinski definition) is 3. The van der Waals surface area contributed by atoms with Crippen molar-refractivity contribution in [1.82, 2.24) is 10.2 Å². The maximum absolute atomic E-state index is 5.71. The van der Waals surface area contributed by atoms with E-state index in [1.54, 1.807) is 0 Å². The van der Waals surface area contributed by atoms with Crippen LogP contribution >= 0.6 is 0 Å². The van der Waals surface area contributed by atoms with Crippen LogP contribution in [-0.2, 0) is 4.74 Å². The lowest BCUT2D eigenvalue weighted by molar-refractivity contribution is 0.102. The Hall–Kier alpha value is -0.900. The summed E-state index contributed by atoms with van der Waals surface area (Å²) in [5.41, 5.74) is 2.78. The first-order valence-corrected chi connectivity index (χ1v) is 8.19. The van der Waals surface area contributed by atoms with Crippen molar-refractivity contribution in [2.24, 2.45) is 5.92 Å². The van der Waals surface area contributed by atoms with Crippen LogP contribution in [0.5, 0.6) is 0 Å². The van der Waals surface area contributed by atoms with E-state index in [1.807, 2.05) is 0 Å². The third-order valence-corrected chi connectivity index (χ3v) is 4.38. The summed E-state index contributed by atoms with van der Waals surface area (Å²) in [4.78, 5) is 2.37. The van der Waals surface area contributed by atoms with Gasteiger partial charge in [0.25, 0.3) is 0 Å². The predicted molar refractivity (Wildman–Crippen MR) is 88.6 cm³/mol. The van der Waals surface area contributed by atoms with E-state index in [-0.39, 0.29) is 0 Å². The molecule has 1 aromatic rings. The van der Waals surface area contributed by atoms with Crippen molar-refractivity contribution in [2.75, 3.05) is 40.4 Å². The molecule has 1 aromatic carbocycles. The first-order chi connectivity index (χ1) is 10.2. The van der Waals surface area contributed by atoms with Crippen LogP contribution in [-0.4, -0.2) is 45.3 Å². The highest BCUT2D eigenvalue weighted by Gasteiger charge is 2.21. The lowest BCUT2D eigenvalue weighted by atomic mass is 9.99. The standard InChI is InChI=1S/C18H30N2O/c1-15-6-4-5-7-17(15)18(19-2)10-11-20(3)12-13-21-14-16-8-9-16/h4-7,16,18-19H,8-14H2,1-3H3. The summed E-state index contributed by atoms with van der Waals surface area (Å²) in [6.45, 7) is 6.14. The Morgan fingerprint density at radius 2 is 2.05 bits per heavy atom. The molecule has 1 fully saturated rings. The molecule has 0 saturated heterocycles. The van der Waals surface area contributed by atoms with Crippen LogP contribution in [0.15, 0.2) is 24.3 Å². The molecule has 1 unspecified atom stereocenters. The quantitative estimate of drug-likeness (QED) is 0.670. The second-order valence-corrected chi connectivity index (χ2v) is 6.31. The zero-order valence-electron chi connectivity index (χ0n) is 13.8. The summed E-state index contributed by atoms with van der Waals surface area (Å²) in [5, 5.41) is 3.45. The van der Waals surface area contributed by atoms with Gasteiger partial charge in [-0.3, -0.25) is 0 Å². The average molecular weight is 290 g/mol. The molecular weight excluding hydrogens is 260 g/mol. The normalized spacial score (nSPS) is 16.4. The number of aryl methyl sites for hydroxylation is 1. The first kappa shape index (κ1) is 16.5. The fourth-order valence-corrected chi connectivity index (χ4v) is 2.65. The van der Waals surface area contributed by atoms with Crippen molar-refractivity contribution in [3.8, 4) is 0 Å². The van der Waals surface area contributed by atoms with E-state index in [9.17, 15) is 0 Å². The number of benzene rings is 1. The highest BCUT2D eigenvalue weighted by molar-refractivity contribution is 5.28. The van der Waals surface area contributed by atoms with E-state index in [2.05, 4.69) is 55.5 Å². The topological polar surface area (TPSA) is 24.5 Å². The van der Waals surface area contributed by atoms with Gasteiger partial charge >= 0.3 is 0 Å². The number of hydrogen-bond donors (Lipinski definition) is 1.